The Hall–Kier alpha value is -4.62. The predicted molar refractivity (Wildman–Crippen MR) is 161 cm³/mol. The topological polar surface area (TPSA) is 4.93 Å². The first-order valence-electron chi connectivity index (χ1n) is 12.9. The normalized spacial score (nSPS) is 11.9. The fourth-order valence-electron chi connectivity index (χ4n) is 5.57. The average Bonchev–Trinajstić information content (AvgIpc) is 3.23. The molecule has 0 spiro atoms. The quantitative estimate of drug-likeness (QED) is 0.178. The third-order valence-electron chi connectivity index (χ3n) is 7.47. The number of aromatic nitrogens is 1. The zero-order valence-corrected chi connectivity index (χ0v) is 21.1. The molecule has 37 heavy (non-hydrogen) atoms. The molecule has 7 rings (SSSR count). The standard InChI is InChI=1S/C36H27N/c1-24-10-18-32-33-19-11-25(2)21-36(33)37(35(32)20-24)31-16-13-26(14-17-31)12-15-27-8-5-9-30-22-28-6-3-4-7-29(28)23-34(27)30/h3-23H,1-2H3/b15-12+. The van der Waals surface area contributed by atoms with Crippen LogP contribution in [0.25, 0.3) is 61.2 Å². The summed E-state index contributed by atoms with van der Waals surface area (Å²) in [4.78, 5) is 0. The van der Waals surface area contributed by atoms with Crippen molar-refractivity contribution < 1.29 is 0 Å². The van der Waals surface area contributed by atoms with E-state index in [1.54, 1.807) is 0 Å². The molecule has 1 heterocycles. The lowest BCUT2D eigenvalue weighted by molar-refractivity contribution is 1.17. The SMILES string of the molecule is Cc1ccc2c3ccc(C)cc3n(-c3ccc(/C=C/c4cccc5cc6ccccc6cc45)cc3)c2c1. The van der Waals surface area contributed by atoms with Crippen molar-refractivity contribution in [1.29, 1.82) is 0 Å². The predicted octanol–water partition coefficient (Wildman–Crippen LogP) is 9.88. The van der Waals surface area contributed by atoms with E-state index in [9.17, 15) is 0 Å². The van der Waals surface area contributed by atoms with Gasteiger partial charge in [-0.05, 0) is 94.0 Å². The van der Waals surface area contributed by atoms with Crippen LogP contribution in [0.2, 0.25) is 0 Å². The summed E-state index contributed by atoms with van der Waals surface area (Å²) in [5.41, 5.74) is 8.67. The number of rotatable bonds is 3. The van der Waals surface area contributed by atoms with Gasteiger partial charge in [0.05, 0.1) is 11.0 Å². The number of fused-ring (bicyclic) bond motifs is 5. The molecule has 0 aliphatic heterocycles. The Morgan fingerprint density at radius 2 is 1.11 bits per heavy atom. The highest BCUT2D eigenvalue weighted by Gasteiger charge is 2.12. The van der Waals surface area contributed by atoms with E-state index in [0.29, 0.717) is 0 Å². The van der Waals surface area contributed by atoms with Gasteiger partial charge >= 0.3 is 0 Å². The number of aryl methyl sites for hydroxylation is 2. The minimum Gasteiger partial charge on any atom is -0.309 e. The summed E-state index contributed by atoms with van der Waals surface area (Å²) in [6.45, 7) is 4.33. The first-order valence-corrected chi connectivity index (χ1v) is 12.9. The van der Waals surface area contributed by atoms with E-state index < -0.39 is 0 Å². The minimum absolute atomic E-state index is 1.19. The second kappa shape index (κ2) is 8.50. The van der Waals surface area contributed by atoms with Crippen LogP contribution in [-0.2, 0) is 0 Å². The average molecular weight is 474 g/mol. The summed E-state index contributed by atoms with van der Waals surface area (Å²) in [6, 6.07) is 42.1. The van der Waals surface area contributed by atoms with Crippen molar-refractivity contribution >= 4 is 55.5 Å². The van der Waals surface area contributed by atoms with Crippen molar-refractivity contribution in [2.24, 2.45) is 0 Å². The Kier molecular flexibility index (Phi) is 4.97. The van der Waals surface area contributed by atoms with Gasteiger partial charge in [0.25, 0.3) is 0 Å². The van der Waals surface area contributed by atoms with Crippen LogP contribution < -0.4 is 0 Å². The monoisotopic (exact) mass is 473 g/mol. The molecule has 0 unspecified atom stereocenters. The van der Waals surface area contributed by atoms with Crippen LogP contribution in [0, 0.1) is 13.8 Å². The lowest BCUT2D eigenvalue weighted by Crippen LogP contribution is -1.94. The van der Waals surface area contributed by atoms with Crippen LogP contribution in [0.15, 0.2) is 115 Å². The van der Waals surface area contributed by atoms with E-state index in [1.165, 1.54) is 71.3 Å². The van der Waals surface area contributed by atoms with Crippen LogP contribution in [0.3, 0.4) is 0 Å². The van der Waals surface area contributed by atoms with Crippen LogP contribution in [0.5, 0.6) is 0 Å². The molecule has 0 saturated carbocycles. The van der Waals surface area contributed by atoms with Crippen LogP contribution in [0.4, 0.5) is 0 Å². The molecule has 0 radical (unpaired) electrons. The summed E-state index contributed by atoms with van der Waals surface area (Å²) in [7, 11) is 0. The van der Waals surface area contributed by atoms with E-state index in [0.717, 1.165) is 0 Å². The fourth-order valence-corrected chi connectivity index (χ4v) is 5.57. The third-order valence-corrected chi connectivity index (χ3v) is 7.47. The maximum atomic E-state index is 2.40. The molecule has 1 heteroatoms. The molecule has 0 fully saturated rings. The molecule has 0 aliphatic rings. The summed E-state index contributed by atoms with van der Waals surface area (Å²) < 4.78 is 2.40. The van der Waals surface area contributed by atoms with Gasteiger partial charge in [0.2, 0.25) is 0 Å². The van der Waals surface area contributed by atoms with E-state index in [2.05, 4.69) is 146 Å². The van der Waals surface area contributed by atoms with E-state index in [1.807, 2.05) is 0 Å². The van der Waals surface area contributed by atoms with Crippen LogP contribution in [0.1, 0.15) is 22.3 Å². The fraction of sp³-hybridized carbons (Fsp3) is 0.0556. The summed E-state index contributed by atoms with van der Waals surface area (Å²) in [5, 5.41) is 7.71. The largest absolute Gasteiger partial charge is 0.309 e. The number of hydrogen-bond acceptors (Lipinski definition) is 0. The van der Waals surface area contributed by atoms with Gasteiger partial charge in [0.1, 0.15) is 0 Å². The highest BCUT2D eigenvalue weighted by atomic mass is 15.0. The van der Waals surface area contributed by atoms with Gasteiger partial charge in [-0.25, -0.2) is 0 Å². The molecule has 7 aromatic rings. The van der Waals surface area contributed by atoms with Gasteiger partial charge in [-0.15, -0.1) is 0 Å². The van der Waals surface area contributed by atoms with E-state index >= 15 is 0 Å². The number of hydrogen-bond donors (Lipinski definition) is 0. The minimum atomic E-state index is 1.19. The lowest BCUT2D eigenvalue weighted by atomic mass is 9.99. The number of nitrogens with zero attached hydrogens (tertiary/aromatic N) is 1. The molecule has 0 bridgehead atoms. The van der Waals surface area contributed by atoms with Gasteiger partial charge in [-0.1, -0.05) is 91.0 Å². The third kappa shape index (κ3) is 3.72. The van der Waals surface area contributed by atoms with Crippen molar-refractivity contribution in [2.45, 2.75) is 13.8 Å². The summed E-state index contributed by atoms with van der Waals surface area (Å²) in [5.74, 6) is 0. The zero-order chi connectivity index (χ0) is 24.9. The van der Waals surface area contributed by atoms with E-state index in [-0.39, 0.29) is 0 Å². The smallest absolute Gasteiger partial charge is 0.0543 e. The van der Waals surface area contributed by atoms with Crippen LogP contribution in [-0.4, -0.2) is 4.57 Å². The first kappa shape index (κ1) is 21.6. The Morgan fingerprint density at radius 3 is 1.78 bits per heavy atom. The Labute approximate surface area is 216 Å². The molecule has 0 amide bonds. The molecule has 0 N–H and O–H groups in total. The molecule has 0 saturated heterocycles. The van der Waals surface area contributed by atoms with E-state index in [4.69, 9.17) is 0 Å². The Bertz CT molecular complexity index is 1930. The van der Waals surface area contributed by atoms with Crippen molar-refractivity contribution in [1.82, 2.24) is 4.57 Å². The molecule has 0 aliphatic carbocycles. The maximum absolute atomic E-state index is 2.40. The molecule has 0 atom stereocenters. The summed E-state index contributed by atoms with van der Waals surface area (Å²) >= 11 is 0. The van der Waals surface area contributed by atoms with Crippen molar-refractivity contribution in [3.8, 4) is 5.69 Å². The van der Waals surface area contributed by atoms with Crippen molar-refractivity contribution in [3.05, 3.63) is 138 Å². The number of benzene rings is 6. The second-order valence-electron chi connectivity index (χ2n) is 10.1. The van der Waals surface area contributed by atoms with Crippen LogP contribution >= 0.6 is 0 Å². The van der Waals surface area contributed by atoms with Crippen molar-refractivity contribution in [2.75, 3.05) is 0 Å². The van der Waals surface area contributed by atoms with Crippen molar-refractivity contribution in [3.63, 3.8) is 0 Å². The molecule has 176 valence electrons. The molecule has 1 nitrogen and oxygen atoms in total. The highest BCUT2D eigenvalue weighted by Crippen LogP contribution is 2.33. The molecular formula is C36H27N. The zero-order valence-electron chi connectivity index (χ0n) is 21.1. The Balaban J connectivity index is 1.29. The first-order chi connectivity index (χ1) is 18.1. The second-order valence-corrected chi connectivity index (χ2v) is 10.1. The van der Waals surface area contributed by atoms with Gasteiger partial charge in [0, 0.05) is 16.5 Å². The lowest BCUT2D eigenvalue weighted by Gasteiger charge is -2.09. The maximum Gasteiger partial charge on any atom is 0.0543 e. The molecular weight excluding hydrogens is 446 g/mol. The summed E-state index contributed by atoms with van der Waals surface area (Å²) in [6.07, 6.45) is 4.45. The van der Waals surface area contributed by atoms with Gasteiger partial charge in [-0.2, -0.15) is 0 Å². The van der Waals surface area contributed by atoms with Gasteiger partial charge in [0.15, 0.2) is 0 Å². The van der Waals surface area contributed by atoms with Gasteiger partial charge in [-0.3, -0.25) is 0 Å². The highest BCUT2D eigenvalue weighted by molar-refractivity contribution is 6.09. The molecule has 6 aromatic carbocycles. The Morgan fingerprint density at radius 1 is 0.486 bits per heavy atom. The molecule has 1 aromatic heterocycles. The van der Waals surface area contributed by atoms with Gasteiger partial charge < -0.3 is 4.57 Å².